The first-order valence-electron chi connectivity index (χ1n) is 4.27. The third kappa shape index (κ3) is 7.97. The molecule has 2 atom stereocenters. The molecular weight excluding hydrogens is 255 g/mol. The van der Waals surface area contributed by atoms with Crippen molar-refractivity contribution >= 4 is 32.5 Å². The first-order valence-corrected chi connectivity index (χ1v) is 5.55. The minimum atomic E-state index is -1.38. The largest absolute Gasteiger partial charge is 0.481 e. The van der Waals surface area contributed by atoms with Crippen molar-refractivity contribution in [2.45, 2.75) is 5.78 Å². The summed E-state index contributed by atoms with van der Waals surface area (Å²) in [6, 6.07) is -0.974. The minimum Gasteiger partial charge on any atom is -0.481 e. The maximum atomic E-state index is 11.0. The molecule has 17 heavy (non-hydrogen) atoms. The van der Waals surface area contributed by atoms with Crippen molar-refractivity contribution in [3.63, 3.8) is 0 Å². The molecule has 2 unspecified atom stereocenters. The summed E-state index contributed by atoms with van der Waals surface area (Å²) in [6.45, 7) is -0.653. The molecule has 0 heterocycles. The highest BCUT2D eigenvalue weighted by atomic mass is 31.1. The normalized spacial score (nSPS) is 12.0. The predicted molar refractivity (Wildman–Crippen MR) is 56.4 cm³/mol. The summed E-state index contributed by atoms with van der Waals surface area (Å²) in [5, 5.41) is 29.1. The van der Waals surface area contributed by atoms with E-state index in [9.17, 15) is 19.2 Å². The van der Waals surface area contributed by atoms with Gasteiger partial charge in [-0.05, 0) is 0 Å². The molecule has 5 N–H and O–H groups in total. The Bertz CT molecular complexity index is 332. The molecule has 0 aromatic heterocycles. The average Bonchev–Trinajstić information content (AvgIpc) is 2.20. The molecule has 0 aromatic rings. The molecule has 0 rings (SSSR count). The summed E-state index contributed by atoms with van der Waals surface area (Å²) in [7, 11) is -0.543. The first-order chi connectivity index (χ1) is 7.82. The van der Waals surface area contributed by atoms with Gasteiger partial charge in [0.25, 0.3) is 0 Å². The van der Waals surface area contributed by atoms with Gasteiger partial charge in [-0.15, -0.1) is 0 Å². The van der Waals surface area contributed by atoms with Crippen LogP contribution in [0.3, 0.4) is 0 Å². The predicted octanol–water partition coefficient (Wildman–Crippen LogP) is -1.46. The summed E-state index contributed by atoms with van der Waals surface area (Å²) in [6.07, 6.45) is -0.393. The monoisotopic (exact) mass is 266 g/mol. The van der Waals surface area contributed by atoms with Gasteiger partial charge < -0.3 is 26.0 Å². The maximum Gasteiger partial charge on any atom is 0.330 e. The van der Waals surface area contributed by atoms with E-state index in [-0.39, 0.29) is 0 Å². The quantitative estimate of drug-likeness (QED) is 0.353. The van der Waals surface area contributed by atoms with Crippen LogP contribution in [0.15, 0.2) is 0 Å². The van der Waals surface area contributed by atoms with Gasteiger partial charge in [0, 0.05) is 0 Å². The smallest absolute Gasteiger partial charge is 0.330 e. The molecule has 0 aliphatic carbocycles. The number of rotatable bonds is 7. The number of carboxylic acid groups (broad SMARTS) is 3. The van der Waals surface area contributed by atoms with E-state index in [0.717, 1.165) is 0 Å². The zero-order valence-corrected chi connectivity index (χ0v) is 9.47. The zero-order valence-electron chi connectivity index (χ0n) is 8.47. The lowest BCUT2D eigenvalue weighted by atomic mass is 10.6. The van der Waals surface area contributed by atoms with E-state index in [1.807, 2.05) is 10.6 Å². The van der Waals surface area contributed by atoms with Crippen molar-refractivity contribution in [3.05, 3.63) is 0 Å². The number of hydrogen-bond donors (Lipinski definition) is 5. The second-order valence-electron chi connectivity index (χ2n) is 2.77. The van der Waals surface area contributed by atoms with Crippen molar-refractivity contribution in [2.24, 2.45) is 0 Å². The topological polar surface area (TPSA) is 153 Å². The summed E-state index contributed by atoms with van der Waals surface area (Å²) < 4.78 is 0. The molecule has 0 saturated carbocycles. The van der Waals surface area contributed by atoms with Gasteiger partial charge in [-0.1, -0.05) is 8.58 Å². The number of nitrogens with one attached hydrogen (secondary N) is 2. The van der Waals surface area contributed by atoms with Gasteiger partial charge in [0.05, 0.1) is 6.16 Å². The second-order valence-corrected chi connectivity index (χ2v) is 4.11. The second kappa shape index (κ2) is 7.39. The molecule has 0 bridgehead atoms. The molecule has 0 saturated heterocycles. The Hall–Kier alpha value is -1.89. The van der Waals surface area contributed by atoms with E-state index in [1.54, 1.807) is 0 Å². The Balaban J connectivity index is 4.15. The molecular formula is C7H11N2O7P. The van der Waals surface area contributed by atoms with Crippen molar-refractivity contribution < 1.29 is 34.5 Å². The first kappa shape index (κ1) is 15.1. The van der Waals surface area contributed by atoms with Crippen molar-refractivity contribution in [1.29, 1.82) is 0 Å². The highest BCUT2D eigenvalue weighted by Crippen LogP contribution is 2.16. The molecule has 96 valence electrons. The van der Waals surface area contributed by atoms with Crippen LogP contribution < -0.4 is 10.6 Å². The van der Waals surface area contributed by atoms with E-state index >= 15 is 0 Å². The summed E-state index contributed by atoms with van der Waals surface area (Å²) in [5.74, 6) is -5.18. The van der Waals surface area contributed by atoms with Crippen LogP contribution in [-0.4, -0.2) is 57.7 Å². The van der Waals surface area contributed by atoms with Crippen molar-refractivity contribution in [1.82, 2.24) is 10.6 Å². The van der Waals surface area contributed by atoms with Gasteiger partial charge in [0.15, 0.2) is 0 Å². The lowest BCUT2D eigenvalue weighted by molar-refractivity contribution is -0.137. The molecule has 0 spiro atoms. The van der Waals surface area contributed by atoms with Crippen LogP contribution in [0.25, 0.3) is 0 Å². The molecule has 9 nitrogen and oxygen atoms in total. The van der Waals surface area contributed by atoms with Gasteiger partial charge in [-0.25, -0.2) is 9.59 Å². The van der Waals surface area contributed by atoms with E-state index in [2.05, 4.69) is 0 Å². The molecule has 0 aliphatic heterocycles. The Morgan fingerprint density at radius 2 is 1.65 bits per heavy atom. The third-order valence-electron chi connectivity index (χ3n) is 1.38. The Labute approximate surface area is 97.0 Å². The Kier molecular flexibility index (Phi) is 6.57. The zero-order chi connectivity index (χ0) is 13.4. The lowest BCUT2D eigenvalue weighted by Gasteiger charge is -2.13. The van der Waals surface area contributed by atoms with Crippen LogP contribution in [-0.2, 0) is 14.4 Å². The highest BCUT2D eigenvalue weighted by Gasteiger charge is 2.20. The van der Waals surface area contributed by atoms with Crippen molar-refractivity contribution in [2.75, 3.05) is 12.7 Å². The summed E-state index contributed by atoms with van der Waals surface area (Å²) in [5.41, 5.74) is 0. The minimum absolute atomic E-state index is 0.393. The fraction of sp³-hybridized carbons (Fsp3) is 0.429. The number of carboxylic acids is 3. The van der Waals surface area contributed by atoms with Crippen LogP contribution in [0.1, 0.15) is 0 Å². The Morgan fingerprint density at radius 3 is 2.06 bits per heavy atom. The molecule has 0 radical (unpaired) electrons. The van der Waals surface area contributed by atoms with Gasteiger partial charge in [-0.3, -0.25) is 9.59 Å². The number of carbonyl (C=O) groups is 4. The van der Waals surface area contributed by atoms with Crippen LogP contribution in [0.4, 0.5) is 4.79 Å². The lowest BCUT2D eigenvalue weighted by Crippen LogP contribution is -2.45. The SMILES string of the molecule is O=C(O)CNC(=O)NC(PCC(=O)O)C(=O)O. The molecule has 0 aliphatic rings. The number of carbonyl (C=O) groups excluding carboxylic acids is 1. The van der Waals surface area contributed by atoms with Crippen LogP contribution in [0, 0.1) is 0 Å². The van der Waals surface area contributed by atoms with Gasteiger partial charge >= 0.3 is 23.9 Å². The van der Waals surface area contributed by atoms with Crippen LogP contribution in [0.2, 0.25) is 0 Å². The summed E-state index contributed by atoms with van der Waals surface area (Å²) >= 11 is 0. The maximum absolute atomic E-state index is 11.0. The van der Waals surface area contributed by atoms with E-state index < -0.39 is 51.0 Å². The molecule has 2 amide bonds. The van der Waals surface area contributed by atoms with Crippen LogP contribution in [0.5, 0.6) is 0 Å². The number of urea groups is 1. The Morgan fingerprint density at radius 1 is 1.06 bits per heavy atom. The highest BCUT2D eigenvalue weighted by molar-refractivity contribution is 7.41. The van der Waals surface area contributed by atoms with E-state index in [1.165, 1.54) is 0 Å². The number of amides is 2. The van der Waals surface area contributed by atoms with Gasteiger partial charge in [0.1, 0.15) is 12.3 Å². The standard InChI is InChI=1S/C7H11N2O7P/c10-3(11)1-8-7(16)9-5(6(14)15)17-2-4(12)13/h5,17H,1-2H2,(H,10,11)(H,12,13)(H,14,15)(H2,8,9,16). The molecule has 0 fully saturated rings. The van der Waals surface area contributed by atoms with Gasteiger partial charge in [0.2, 0.25) is 0 Å². The third-order valence-corrected chi connectivity index (χ3v) is 2.69. The number of aliphatic carboxylic acids is 3. The molecule has 0 aromatic carbocycles. The molecule has 10 heteroatoms. The van der Waals surface area contributed by atoms with E-state index in [0.29, 0.717) is 0 Å². The van der Waals surface area contributed by atoms with Crippen molar-refractivity contribution in [3.8, 4) is 0 Å². The average molecular weight is 266 g/mol. The van der Waals surface area contributed by atoms with E-state index in [4.69, 9.17) is 15.3 Å². The number of hydrogen-bond acceptors (Lipinski definition) is 4. The van der Waals surface area contributed by atoms with Gasteiger partial charge in [-0.2, -0.15) is 0 Å². The fourth-order valence-corrected chi connectivity index (χ4v) is 1.51. The fourth-order valence-electron chi connectivity index (χ4n) is 0.727. The summed E-state index contributed by atoms with van der Waals surface area (Å²) in [4.78, 5) is 42.0. The van der Waals surface area contributed by atoms with Crippen LogP contribution >= 0.6 is 8.58 Å².